The fourth-order valence-electron chi connectivity index (χ4n) is 1.71. The highest BCUT2D eigenvalue weighted by Crippen LogP contribution is 2.18. The molecule has 0 bridgehead atoms. The number of amides is 1. The number of hydrogen-bond donors (Lipinski definition) is 3. The Morgan fingerprint density at radius 2 is 2.05 bits per heavy atom. The summed E-state index contributed by atoms with van der Waals surface area (Å²) in [7, 11) is 0. The van der Waals surface area contributed by atoms with E-state index in [1.165, 1.54) is 18.2 Å². The molecule has 0 unspecified atom stereocenters. The van der Waals surface area contributed by atoms with E-state index in [0.29, 0.717) is 22.2 Å². The lowest BCUT2D eigenvalue weighted by atomic mass is 10.1. The molecule has 0 heterocycles. The van der Waals surface area contributed by atoms with Gasteiger partial charge in [0.25, 0.3) is 11.6 Å². The Hall–Kier alpha value is -2.22. The van der Waals surface area contributed by atoms with Gasteiger partial charge in [-0.15, -0.1) is 0 Å². The number of nitrogens with one attached hydrogen (secondary N) is 3. The molecule has 0 aliphatic carbocycles. The van der Waals surface area contributed by atoms with Gasteiger partial charge in [-0.05, 0) is 43.6 Å². The summed E-state index contributed by atoms with van der Waals surface area (Å²) in [5.74, 6) is 0.152. The molecule has 120 valence electrons. The fourth-order valence-corrected chi connectivity index (χ4v) is 1.86. The van der Waals surface area contributed by atoms with Gasteiger partial charge < -0.3 is 5.32 Å². The van der Waals surface area contributed by atoms with Crippen molar-refractivity contribution in [2.24, 2.45) is 5.92 Å². The molecule has 3 N–H and O–H groups in total. The predicted octanol–water partition coefficient (Wildman–Crippen LogP) is 2.06. The van der Waals surface area contributed by atoms with E-state index in [1.54, 1.807) is 6.92 Å². The minimum Gasteiger partial charge on any atom is -0.361 e. The van der Waals surface area contributed by atoms with Crippen LogP contribution >= 0.6 is 12.2 Å². The Morgan fingerprint density at radius 1 is 1.36 bits per heavy atom. The Morgan fingerprint density at radius 3 is 2.59 bits per heavy atom. The molecule has 22 heavy (non-hydrogen) atoms. The van der Waals surface area contributed by atoms with Crippen LogP contribution in [0.1, 0.15) is 36.2 Å². The van der Waals surface area contributed by atoms with Crippen LogP contribution in [0.25, 0.3) is 0 Å². The molecular formula is C14H20N4O3S. The van der Waals surface area contributed by atoms with Crippen molar-refractivity contribution in [1.29, 1.82) is 0 Å². The zero-order chi connectivity index (χ0) is 16.7. The van der Waals surface area contributed by atoms with Gasteiger partial charge in [-0.1, -0.05) is 13.8 Å². The van der Waals surface area contributed by atoms with Crippen molar-refractivity contribution in [1.82, 2.24) is 16.2 Å². The summed E-state index contributed by atoms with van der Waals surface area (Å²) >= 11 is 5.03. The summed E-state index contributed by atoms with van der Waals surface area (Å²) in [6.07, 6.45) is 0.970. The number of hydrazine groups is 1. The van der Waals surface area contributed by atoms with E-state index < -0.39 is 10.8 Å². The van der Waals surface area contributed by atoms with Gasteiger partial charge in [-0.2, -0.15) is 0 Å². The third-order valence-electron chi connectivity index (χ3n) is 2.95. The van der Waals surface area contributed by atoms with Crippen LogP contribution in [0.5, 0.6) is 0 Å². The number of rotatable bonds is 5. The van der Waals surface area contributed by atoms with Gasteiger partial charge in [0.05, 0.1) is 4.92 Å². The first-order valence-electron chi connectivity index (χ1n) is 6.90. The summed E-state index contributed by atoms with van der Waals surface area (Å²) in [5.41, 5.74) is 5.78. The maximum Gasteiger partial charge on any atom is 0.272 e. The van der Waals surface area contributed by atoms with Gasteiger partial charge in [-0.25, -0.2) is 0 Å². The van der Waals surface area contributed by atoms with Crippen molar-refractivity contribution in [2.45, 2.75) is 27.2 Å². The van der Waals surface area contributed by atoms with Gasteiger partial charge in [0.1, 0.15) is 0 Å². The number of aryl methyl sites for hydroxylation is 1. The smallest absolute Gasteiger partial charge is 0.272 e. The van der Waals surface area contributed by atoms with Crippen LogP contribution in [0.4, 0.5) is 5.69 Å². The van der Waals surface area contributed by atoms with Gasteiger partial charge in [-0.3, -0.25) is 25.8 Å². The summed E-state index contributed by atoms with van der Waals surface area (Å²) in [5, 5.41) is 14.0. The van der Waals surface area contributed by atoms with E-state index in [0.717, 1.165) is 13.0 Å². The van der Waals surface area contributed by atoms with Gasteiger partial charge in [0.15, 0.2) is 5.11 Å². The second-order valence-electron chi connectivity index (χ2n) is 5.28. The number of carbonyl (C=O) groups is 1. The van der Waals surface area contributed by atoms with Crippen LogP contribution in [0.3, 0.4) is 0 Å². The molecule has 1 amide bonds. The van der Waals surface area contributed by atoms with E-state index in [-0.39, 0.29) is 5.69 Å². The highest BCUT2D eigenvalue weighted by molar-refractivity contribution is 7.80. The maximum absolute atomic E-state index is 11.9. The molecule has 1 aromatic carbocycles. The first-order chi connectivity index (χ1) is 10.3. The normalized spacial score (nSPS) is 10.2. The van der Waals surface area contributed by atoms with Crippen LogP contribution in [0, 0.1) is 23.0 Å². The second-order valence-corrected chi connectivity index (χ2v) is 5.68. The molecule has 8 heteroatoms. The molecule has 0 aromatic heterocycles. The molecule has 1 aromatic rings. The largest absolute Gasteiger partial charge is 0.361 e. The SMILES string of the molecule is Cc1cc(C(=O)NNC(=S)NCCC(C)C)ccc1[N+](=O)[O-]. The molecule has 0 saturated carbocycles. The van der Waals surface area contributed by atoms with E-state index in [4.69, 9.17) is 12.2 Å². The molecule has 7 nitrogen and oxygen atoms in total. The topological polar surface area (TPSA) is 96.3 Å². The van der Waals surface area contributed by atoms with Crippen molar-refractivity contribution >= 4 is 28.9 Å². The van der Waals surface area contributed by atoms with Crippen LogP contribution < -0.4 is 16.2 Å². The van der Waals surface area contributed by atoms with Crippen LogP contribution in [-0.2, 0) is 0 Å². The molecule has 0 spiro atoms. The molecule has 0 atom stereocenters. The Labute approximate surface area is 134 Å². The van der Waals surface area contributed by atoms with E-state index in [1.807, 2.05) is 0 Å². The minimum atomic E-state index is -0.483. The van der Waals surface area contributed by atoms with Crippen LogP contribution in [0.15, 0.2) is 18.2 Å². The Balaban J connectivity index is 2.50. The molecular weight excluding hydrogens is 304 g/mol. The molecule has 0 aliphatic rings. The lowest BCUT2D eigenvalue weighted by molar-refractivity contribution is -0.385. The van der Waals surface area contributed by atoms with Crippen molar-refractivity contribution in [2.75, 3.05) is 6.54 Å². The Kier molecular flexibility index (Phi) is 6.71. The first-order valence-corrected chi connectivity index (χ1v) is 7.31. The van der Waals surface area contributed by atoms with Crippen LogP contribution in [0.2, 0.25) is 0 Å². The monoisotopic (exact) mass is 324 g/mol. The van der Waals surface area contributed by atoms with E-state index >= 15 is 0 Å². The Bertz CT molecular complexity index is 575. The minimum absolute atomic E-state index is 0.0182. The van der Waals surface area contributed by atoms with E-state index in [2.05, 4.69) is 30.0 Å². The summed E-state index contributed by atoms with van der Waals surface area (Å²) in [4.78, 5) is 22.2. The van der Waals surface area contributed by atoms with Crippen molar-refractivity contribution in [3.63, 3.8) is 0 Å². The number of nitrogens with zero attached hydrogens (tertiary/aromatic N) is 1. The average Bonchev–Trinajstić information content (AvgIpc) is 2.43. The number of benzene rings is 1. The fraction of sp³-hybridized carbons (Fsp3) is 0.429. The lowest BCUT2D eigenvalue weighted by Crippen LogP contribution is -2.47. The number of thiocarbonyl (C=S) groups is 1. The number of nitro groups is 1. The van der Waals surface area contributed by atoms with E-state index in [9.17, 15) is 14.9 Å². The highest BCUT2D eigenvalue weighted by Gasteiger charge is 2.13. The third-order valence-corrected chi connectivity index (χ3v) is 3.20. The zero-order valence-electron chi connectivity index (χ0n) is 12.8. The van der Waals surface area contributed by atoms with Crippen molar-refractivity contribution in [3.05, 3.63) is 39.4 Å². The molecule has 0 saturated heterocycles. The standard InChI is InChI=1S/C14H20N4O3S/c1-9(2)6-7-15-14(22)17-16-13(19)11-4-5-12(18(20)21)10(3)8-11/h4-5,8-9H,6-7H2,1-3H3,(H,16,19)(H2,15,17,22). The number of carbonyl (C=O) groups excluding carboxylic acids is 1. The summed E-state index contributed by atoms with van der Waals surface area (Å²) < 4.78 is 0. The predicted molar refractivity (Wildman–Crippen MR) is 88.5 cm³/mol. The molecule has 1 rings (SSSR count). The highest BCUT2D eigenvalue weighted by atomic mass is 32.1. The van der Waals surface area contributed by atoms with Crippen molar-refractivity contribution in [3.8, 4) is 0 Å². The average molecular weight is 324 g/mol. The van der Waals surface area contributed by atoms with Gasteiger partial charge >= 0.3 is 0 Å². The van der Waals surface area contributed by atoms with Crippen molar-refractivity contribution < 1.29 is 9.72 Å². The van der Waals surface area contributed by atoms with Gasteiger partial charge in [0.2, 0.25) is 0 Å². The quantitative estimate of drug-likeness (QED) is 0.436. The van der Waals surface area contributed by atoms with Gasteiger partial charge in [0, 0.05) is 23.7 Å². The number of nitro benzene ring substituents is 1. The zero-order valence-corrected chi connectivity index (χ0v) is 13.6. The third kappa shape index (κ3) is 5.65. The first kappa shape index (κ1) is 17.8. The summed E-state index contributed by atoms with van der Waals surface area (Å²) in [6.45, 7) is 6.52. The summed E-state index contributed by atoms with van der Waals surface area (Å²) in [6, 6.07) is 4.17. The number of hydrogen-bond acceptors (Lipinski definition) is 4. The molecule has 0 fully saturated rings. The molecule has 0 aliphatic heterocycles. The van der Waals surface area contributed by atoms with Crippen LogP contribution in [-0.4, -0.2) is 22.5 Å². The lowest BCUT2D eigenvalue weighted by Gasteiger charge is -2.12. The maximum atomic E-state index is 11.9. The second kappa shape index (κ2) is 8.28. The molecule has 0 radical (unpaired) electrons.